The van der Waals surface area contributed by atoms with E-state index >= 15 is 0 Å². The third kappa shape index (κ3) is 1.62. The van der Waals surface area contributed by atoms with Crippen molar-refractivity contribution in [1.29, 1.82) is 0 Å². The number of fused-ring (bicyclic) bond motifs is 1. The van der Waals surface area contributed by atoms with Gasteiger partial charge in [0.2, 0.25) is 0 Å². The van der Waals surface area contributed by atoms with Gasteiger partial charge in [-0.15, -0.1) is 0 Å². The number of nitrogens with zero attached hydrogens (tertiary/aromatic N) is 1. The fourth-order valence-corrected chi connectivity index (χ4v) is 2.30. The Hall–Kier alpha value is -1.77. The highest BCUT2D eigenvalue weighted by atomic mass is 16.5. The molecule has 0 amide bonds. The molecule has 0 radical (unpaired) electrons. The molecule has 0 saturated carbocycles. The number of pyridine rings is 1. The van der Waals surface area contributed by atoms with Crippen molar-refractivity contribution in [2.75, 3.05) is 0 Å². The van der Waals surface area contributed by atoms with Crippen molar-refractivity contribution < 1.29 is 4.74 Å². The molecule has 2 heterocycles. The van der Waals surface area contributed by atoms with Gasteiger partial charge in [0.05, 0.1) is 5.35 Å². The molecule has 90 valence electrons. The van der Waals surface area contributed by atoms with Crippen LogP contribution in [0.4, 0.5) is 0 Å². The van der Waals surface area contributed by atoms with Crippen LogP contribution in [0.15, 0.2) is 23.6 Å². The summed E-state index contributed by atoms with van der Waals surface area (Å²) in [4.78, 5) is 12.1. The second-order valence-corrected chi connectivity index (χ2v) is 4.78. The van der Waals surface area contributed by atoms with Gasteiger partial charge < -0.3 is 9.30 Å². The van der Waals surface area contributed by atoms with E-state index < -0.39 is 5.72 Å². The maximum atomic E-state index is 12.1. The van der Waals surface area contributed by atoms with E-state index in [0.29, 0.717) is 10.8 Å². The van der Waals surface area contributed by atoms with E-state index in [9.17, 15) is 4.79 Å². The second kappa shape index (κ2) is 3.62. The summed E-state index contributed by atoms with van der Waals surface area (Å²) in [6.45, 7) is 11.3. The standard InChI is InChI=1S/C14H17NO2/c1-6-7-11-12-10(3)17-14(4,5)15(12)8-9(2)13(11)16/h6-8H,1H2,2-5H3/b11-7+. The summed E-state index contributed by atoms with van der Waals surface area (Å²) in [5.41, 5.74) is 0.312. The molecule has 3 heteroatoms. The van der Waals surface area contributed by atoms with Gasteiger partial charge in [-0.1, -0.05) is 12.7 Å². The van der Waals surface area contributed by atoms with Crippen molar-refractivity contribution in [2.45, 2.75) is 33.4 Å². The average molecular weight is 231 g/mol. The van der Waals surface area contributed by atoms with Crippen molar-refractivity contribution >= 4 is 11.8 Å². The quantitative estimate of drug-likeness (QED) is 0.721. The molecule has 0 N–H and O–H groups in total. The van der Waals surface area contributed by atoms with Gasteiger partial charge in [0.15, 0.2) is 11.2 Å². The van der Waals surface area contributed by atoms with Crippen LogP contribution in [0.25, 0.3) is 11.8 Å². The maximum Gasteiger partial charge on any atom is 0.192 e. The molecular weight excluding hydrogens is 214 g/mol. The van der Waals surface area contributed by atoms with Crippen LogP contribution in [-0.4, -0.2) is 4.57 Å². The van der Waals surface area contributed by atoms with E-state index in [1.165, 1.54) is 0 Å². The largest absolute Gasteiger partial charge is 0.471 e. The number of aryl methyl sites for hydroxylation is 1. The van der Waals surface area contributed by atoms with Gasteiger partial charge in [0.1, 0.15) is 5.76 Å². The van der Waals surface area contributed by atoms with Gasteiger partial charge >= 0.3 is 0 Å². The maximum absolute atomic E-state index is 12.1. The number of aromatic nitrogens is 1. The molecule has 0 aliphatic carbocycles. The zero-order valence-corrected chi connectivity index (χ0v) is 10.7. The first-order chi connectivity index (χ1) is 7.88. The summed E-state index contributed by atoms with van der Waals surface area (Å²) in [7, 11) is 0. The Morgan fingerprint density at radius 2 is 2.06 bits per heavy atom. The van der Waals surface area contributed by atoms with Gasteiger partial charge in [0.25, 0.3) is 0 Å². The van der Waals surface area contributed by atoms with E-state index in [2.05, 4.69) is 6.58 Å². The zero-order chi connectivity index (χ0) is 12.8. The number of allylic oxidation sites excluding steroid dienone is 1. The number of rotatable bonds is 1. The zero-order valence-electron chi connectivity index (χ0n) is 10.7. The minimum Gasteiger partial charge on any atom is -0.471 e. The lowest BCUT2D eigenvalue weighted by atomic mass is 10.2. The summed E-state index contributed by atoms with van der Waals surface area (Å²) in [6, 6.07) is 0. The molecule has 2 rings (SSSR count). The first-order valence-corrected chi connectivity index (χ1v) is 5.64. The van der Waals surface area contributed by atoms with E-state index in [0.717, 1.165) is 11.1 Å². The summed E-state index contributed by atoms with van der Waals surface area (Å²) in [5.74, 6) is 0.778. The molecule has 0 spiro atoms. The third-order valence-electron chi connectivity index (χ3n) is 3.02. The minimum atomic E-state index is -0.443. The first kappa shape index (κ1) is 11.7. The highest BCUT2D eigenvalue weighted by Gasteiger charge is 2.29. The number of ether oxygens (including phenoxy) is 1. The lowest BCUT2D eigenvalue weighted by Gasteiger charge is -2.23. The highest BCUT2D eigenvalue weighted by molar-refractivity contribution is 5.43. The highest BCUT2D eigenvalue weighted by Crippen LogP contribution is 2.22. The SMILES string of the molecule is C=C/C=c1/c(=O)c(C)cn2c1=C(C)OC2(C)C. The lowest BCUT2D eigenvalue weighted by Crippen LogP contribution is -2.47. The average Bonchev–Trinajstić information content (AvgIpc) is 2.44. The molecule has 0 unspecified atom stereocenters. The third-order valence-corrected chi connectivity index (χ3v) is 3.02. The molecule has 17 heavy (non-hydrogen) atoms. The molecule has 1 aromatic rings. The van der Waals surface area contributed by atoms with Crippen LogP contribution in [-0.2, 0) is 10.5 Å². The van der Waals surface area contributed by atoms with Crippen LogP contribution < -0.4 is 16.0 Å². The summed E-state index contributed by atoms with van der Waals surface area (Å²) in [5, 5.41) is 1.51. The van der Waals surface area contributed by atoms with Crippen molar-refractivity contribution in [3.05, 3.63) is 45.2 Å². The molecule has 1 aliphatic heterocycles. The van der Waals surface area contributed by atoms with Crippen LogP contribution >= 0.6 is 0 Å². The van der Waals surface area contributed by atoms with Crippen LogP contribution in [0.1, 0.15) is 26.3 Å². The molecule has 1 aliphatic rings. The fourth-order valence-electron chi connectivity index (χ4n) is 2.30. The first-order valence-electron chi connectivity index (χ1n) is 5.64. The Labute approximate surface area is 100 Å². The molecule has 0 aromatic carbocycles. The Bertz CT molecular complexity index is 663. The molecule has 0 saturated heterocycles. The van der Waals surface area contributed by atoms with Crippen molar-refractivity contribution in [3.8, 4) is 0 Å². The van der Waals surface area contributed by atoms with Crippen molar-refractivity contribution in [1.82, 2.24) is 4.57 Å². The Balaban J connectivity index is 3.07. The van der Waals surface area contributed by atoms with Crippen LogP contribution in [0.5, 0.6) is 0 Å². The monoisotopic (exact) mass is 231 g/mol. The summed E-state index contributed by atoms with van der Waals surface area (Å²) >= 11 is 0. The Morgan fingerprint density at radius 3 is 2.65 bits per heavy atom. The van der Waals surface area contributed by atoms with Crippen molar-refractivity contribution in [3.63, 3.8) is 0 Å². The van der Waals surface area contributed by atoms with Crippen molar-refractivity contribution in [2.24, 2.45) is 0 Å². The van der Waals surface area contributed by atoms with E-state index in [1.807, 2.05) is 38.5 Å². The topological polar surface area (TPSA) is 31.2 Å². The predicted molar refractivity (Wildman–Crippen MR) is 68.8 cm³/mol. The lowest BCUT2D eigenvalue weighted by molar-refractivity contribution is 0.0176. The van der Waals surface area contributed by atoms with Crippen LogP contribution in [0, 0.1) is 6.92 Å². The van der Waals surface area contributed by atoms with E-state index in [1.54, 1.807) is 12.2 Å². The number of hydrogen-bond acceptors (Lipinski definition) is 2. The molecular formula is C14H17NO2. The molecule has 0 bridgehead atoms. The molecule has 0 fully saturated rings. The molecule has 0 atom stereocenters. The summed E-state index contributed by atoms with van der Waals surface area (Å²) < 4.78 is 7.81. The van der Waals surface area contributed by atoms with Gasteiger partial charge in [-0.3, -0.25) is 4.79 Å². The smallest absolute Gasteiger partial charge is 0.192 e. The van der Waals surface area contributed by atoms with Gasteiger partial charge in [-0.2, -0.15) is 0 Å². The van der Waals surface area contributed by atoms with Gasteiger partial charge in [0, 0.05) is 17.0 Å². The predicted octanol–water partition coefficient (Wildman–Crippen LogP) is 0.974. The second-order valence-electron chi connectivity index (χ2n) is 4.78. The van der Waals surface area contributed by atoms with E-state index in [-0.39, 0.29) is 5.43 Å². The minimum absolute atomic E-state index is 0.0387. The van der Waals surface area contributed by atoms with Gasteiger partial charge in [-0.25, -0.2) is 0 Å². The molecule has 3 nitrogen and oxygen atoms in total. The fraction of sp³-hybridized carbons (Fsp3) is 0.357. The van der Waals surface area contributed by atoms with Gasteiger partial charge in [-0.05, 0) is 33.8 Å². The van der Waals surface area contributed by atoms with Crippen LogP contribution in [0.2, 0.25) is 0 Å². The van der Waals surface area contributed by atoms with E-state index in [4.69, 9.17) is 4.74 Å². The molecule has 1 aromatic heterocycles. The Kier molecular flexibility index (Phi) is 2.49. The number of hydrogen-bond donors (Lipinski definition) is 0. The van der Waals surface area contributed by atoms with Crippen LogP contribution in [0.3, 0.4) is 0 Å². The Morgan fingerprint density at radius 1 is 1.41 bits per heavy atom. The summed E-state index contributed by atoms with van der Waals surface area (Å²) in [6.07, 6.45) is 5.24. The normalized spacial score (nSPS) is 17.9.